The summed E-state index contributed by atoms with van der Waals surface area (Å²) in [5.41, 5.74) is 5.16. The zero-order chi connectivity index (χ0) is 14.8. The second-order valence-electron chi connectivity index (χ2n) is 6.19. The normalized spacial score (nSPS) is 21.3. The number of hydrogen-bond donors (Lipinski definition) is 2. The van der Waals surface area contributed by atoms with Crippen molar-refractivity contribution >= 4 is 0 Å². The minimum absolute atomic E-state index is 0.0556. The van der Waals surface area contributed by atoms with Crippen molar-refractivity contribution in [2.24, 2.45) is 5.92 Å². The number of aliphatic hydroxyl groups excluding tert-OH is 1. The molecule has 0 spiro atoms. The molecule has 112 valence electrons. The van der Waals surface area contributed by atoms with Gasteiger partial charge in [-0.05, 0) is 62.9 Å². The number of para-hydroxylation sites is 1. The van der Waals surface area contributed by atoms with Crippen LogP contribution < -0.4 is 5.32 Å². The smallest absolute Gasteiger partial charge is 0.0546 e. The van der Waals surface area contributed by atoms with Crippen molar-refractivity contribution in [1.82, 2.24) is 9.88 Å². The molecular weight excluding hydrogens is 260 g/mol. The first-order valence-electron chi connectivity index (χ1n) is 7.77. The second kappa shape index (κ2) is 6.04. The van der Waals surface area contributed by atoms with E-state index in [2.05, 4.69) is 54.1 Å². The molecule has 3 rings (SSSR count). The van der Waals surface area contributed by atoms with Crippen LogP contribution in [0, 0.1) is 19.8 Å². The van der Waals surface area contributed by atoms with E-state index in [0.717, 1.165) is 25.9 Å². The molecule has 1 heterocycles. The van der Waals surface area contributed by atoms with E-state index in [1.54, 1.807) is 0 Å². The summed E-state index contributed by atoms with van der Waals surface area (Å²) in [6.07, 6.45) is 1.85. The molecule has 2 aromatic rings. The monoisotopic (exact) mass is 284 g/mol. The van der Waals surface area contributed by atoms with Crippen LogP contribution in [0.1, 0.15) is 29.8 Å². The zero-order valence-electron chi connectivity index (χ0n) is 12.8. The predicted molar refractivity (Wildman–Crippen MR) is 85.7 cm³/mol. The Balaban J connectivity index is 1.67. The van der Waals surface area contributed by atoms with Gasteiger partial charge in [-0.1, -0.05) is 18.2 Å². The molecule has 0 bridgehead atoms. The third-order valence-electron chi connectivity index (χ3n) is 4.51. The number of hydrogen-bond acceptors (Lipinski definition) is 2. The second-order valence-corrected chi connectivity index (χ2v) is 6.19. The van der Waals surface area contributed by atoms with Crippen molar-refractivity contribution < 1.29 is 5.11 Å². The molecule has 0 atom stereocenters. The number of benzene rings is 1. The summed E-state index contributed by atoms with van der Waals surface area (Å²) in [4.78, 5) is 0. The van der Waals surface area contributed by atoms with Crippen molar-refractivity contribution in [1.29, 1.82) is 0 Å². The summed E-state index contributed by atoms with van der Waals surface area (Å²) in [6.45, 7) is 6.25. The summed E-state index contributed by atoms with van der Waals surface area (Å²) in [5, 5.41) is 12.8. The van der Waals surface area contributed by atoms with Crippen LogP contribution in [0.2, 0.25) is 0 Å². The van der Waals surface area contributed by atoms with Crippen molar-refractivity contribution in [3.63, 3.8) is 0 Å². The summed E-state index contributed by atoms with van der Waals surface area (Å²) >= 11 is 0. The Labute approximate surface area is 126 Å². The molecule has 1 saturated carbocycles. The maximum atomic E-state index is 9.31. The summed E-state index contributed by atoms with van der Waals surface area (Å²) in [7, 11) is 0. The topological polar surface area (TPSA) is 37.2 Å². The van der Waals surface area contributed by atoms with Gasteiger partial charge in [-0.2, -0.15) is 0 Å². The maximum absolute atomic E-state index is 9.31. The van der Waals surface area contributed by atoms with Gasteiger partial charge in [0.2, 0.25) is 0 Å². The lowest BCUT2D eigenvalue weighted by Gasteiger charge is -2.31. The van der Waals surface area contributed by atoms with Crippen LogP contribution in [0.15, 0.2) is 36.4 Å². The van der Waals surface area contributed by atoms with E-state index in [0.29, 0.717) is 5.92 Å². The Morgan fingerprint density at radius 1 is 1.19 bits per heavy atom. The van der Waals surface area contributed by atoms with Gasteiger partial charge in [0.05, 0.1) is 6.10 Å². The van der Waals surface area contributed by atoms with Gasteiger partial charge in [0, 0.05) is 23.6 Å². The van der Waals surface area contributed by atoms with Gasteiger partial charge in [-0.3, -0.25) is 0 Å². The van der Waals surface area contributed by atoms with Crippen molar-refractivity contribution in [3.05, 3.63) is 53.3 Å². The average molecular weight is 284 g/mol. The highest BCUT2D eigenvalue weighted by Gasteiger charge is 2.26. The molecule has 3 heteroatoms. The first-order chi connectivity index (χ1) is 10.1. The number of nitrogens with one attached hydrogen (secondary N) is 1. The van der Waals surface area contributed by atoms with E-state index >= 15 is 0 Å². The Morgan fingerprint density at radius 2 is 1.90 bits per heavy atom. The van der Waals surface area contributed by atoms with Crippen molar-refractivity contribution in [2.45, 2.75) is 39.3 Å². The molecule has 21 heavy (non-hydrogen) atoms. The average Bonchev–Trinajstić information content (AvgIpc) is 2.72. The van der Waals surface area contributed by atoms with Crippen LogP contribution in [0.25, 0.3) is 5.69 Å². The van der Waals surface area contributed by atoms with Crippen LogP contribution in [0.5, 0.6) is 0 Å². The van der Waals surface area contributed by atoms with Crippen LogP contribution in [-0.4, -0.2) is 22.3 Å². The standard InChI is InChI=1S/C18H24N2O/c1-13-8-16(12-19-11-15-9-18(21)10-15)14(2)20(13)17-6-4-3-5-7-17/h3-8,15,18-19,21H,9-12H2,1-2H3. The van der Waals surface area contributed by atoms with Crippen LogP contribution in [0.3, 0.4) is 0 Å². The lowest BCUT2D eigenvalue weighted by atomic mass is 9.82. The lowest BCUT2D eigenvalue weighted by molar-refractivity contribution is 0.0429. The summed E-state index contributed by atoms with van der Waals surface area (Å²) in [6, 6.07) is 12.8. The van der Waals surface area contributed by atoms with E-state index in [-0.39, 0.29) is 6.10 Å². The van der Waals surface area contributed by atoms with Crippen LogP contribution in [0.4, 0.5) is 0 Å². The molecule has 3 nitrogen and oxygen atoms in total. The zero-order valence-corrected chi connectivity index (χ0v) is 12.8. The largest absolute Gasteiger partial charge is 0.393 e. The first-order valence-corrected chi connectivity index (χ1v) is 7.77. The quantitative estimate of drug-likeness (QED) is 0.886. The van der Waals surface area contributed by atoms with Crippen LogP contribution >= 0.6 is 0 Å². The van der Waals surface area contributed by atoms with Gasteiger partial charge < -0.3 is 15.0 Å². The lowest BCUT2D eigenvalue weighted by Crippen LogP contribution is -2.35. The fourth-order valence-electron chi connectivity index (χ4n) is 3.26. The maximum Gasteiger partial charge on any atom is 0.0546 e. The molecule has 2 N–H and O–H groups in total. The number of rotatable bonds is 5. The van der Waals surface area contributed by atoms with Crippen molar-refractivity contribution in [2.75, 3.05) is 6.54 Å². The molecule has 0 unspecified atom stereocenters. The van der Waals surface area contributed by atoms with E-state index in [4.69, 9.17) is 0 Å². The number of aromatic nitrogens is 1. The summed E-state index contributed by atoms with van der Waals surface area (Å²) in [5.74, 6) is 0.651. The predicted octanol–water partition coefficient (Wildman–Crippen LogP) is 2.95. The molecular formula is C18H24N2O. The third kappa shape index (κ3) is 3.04. The van der Waals surface area contributed by atoms with Crippen LogP contribution in [-0.2, 0) is 6.54 Å². The van der Waals surface area contributed by atoms with E-state index in [9.17, 15) is 5.11 Å². The number of aryl methyl sites for hydroxylation is 1. The SMILES string of the molecule is Cc1cc(CNCC2CC(O)C2)c(C)n1-c1ccccc1. The Bertz CT molecular complexity index is 597. The molecule has 1 aromatic carbocycles. The van der Waals surface area contributed by atoms with Gasteiger partial charge >= 0.3 is 0 Å². The first kappa shape index (κ1) is 14.4. The van der Waals surface area contributed by atoms with Gasteiger partial charge in [0.15, 0.2) is 0 Å². The van der Waals surface area contributed by atoms with Gasteiger partial charge in [0.1, 0.15) is 0 Å². The molecule has 1 fully saturated rings. The summed E-state index contributed by atoms with van der Waals surface area (Å²) < 4.78 is 2.31. The Hall–Kier alpha value is -1.58. The fourth-order valence-corrected chi connectivity index (χ4v) is 3.26. The molecule has 0 amide bonds. The highest BCUT2D eigenvalue weighted by molar-refractivity contribution is 5.40. The number of aliphatic hydroxyl groups is 1. The minimum atomic E-state index is -0.0556. The highest BCUT2D eigenvalue weighted by Crippen LogP contribution is 2.26. The molecule has 1 aliphatic rings. The Kier molecular flexibility index (Phi) is 4.13. The van der Waals surface area contributed by atoms with Crippen molar-refractivity contribution in [3.8, 4) is 5.69 Å². The third-order valence-corrected chi connectivity index (χ3v) is 4.51. The van der Waals surface area contributed by atoms with Gasteiger partial charge in [0.25, 0.3) is 0 Å². The molecule has 1 aliphatic carbocycles. The molecule has 0 radical (unpaired) electrons. The number of nitrogens with zero attached hydrogens (tertiary/aromatic N) is 1. The Morgan fingerprint density at radius 3 is 2.57 bits per heavy atom. The molecule has 0 aliphatic heterocycles. The van der Waals surface area contributed by atoms with Gasteiger partial charge in [-0.25, -0.2) is 0 Å². The van der Waals surface area contributed by atoms with Gasteiger partial charge in [-0.15, -0.1) is 0 Å². The van der Waals surface area contributed by atoms with E-state index < -0.39 is 0 Å². The van der Waals surface area contributed by atoms with E-state index in [1.807, 2.05) is 6.07 Å². The fraction of sp³-hybridized carbons (Fsp3) is 0.444. The highest BCUT2D eigenvalue weighted by atomic mass is 16.3. The van der Waals surface area contributed by atoms with E-state index in [1.165, 1.54) is 22.6 Å². The molecule has 1 aromatic heterocycles. The molecule has 0 saturated heterocycles. The minimum Gasteiger partial charge on any atom is -0.393 e.